The molecular weight excluding hydrogens is 264 g/mol. The van der Waals surface area contributed by atoms with Crippen molar-refractivity contribution in [3.05, 3.63) is 0 Å². The fourth-order valence-electron chi connectivity index (χ4n) is 3.39. The summed E-state index contributed by atoms with van der Waals surface area (Å²) >= 11 is 0. The largest absolute Gasteiger partial charge is 0.329 e. The molecule has 2 atom stereocenters. The molecule has 0 radical (unpaired) electrons. The normalized spacial score (nSPS) is 35.9. The summed E-state index contributed by atoms with van der Waals surface area (Å²) in [6.45, 7) is 6.57. The SMILES string of the molecule is CC1CC(CN)(N2CCN(S(C)(=O)=O)CC2)CN1C. The average Bonchev–Trinajstić information content (AvgIpc) is 2.65. The Labute approximate surface area is 116 Å². The zero-order chi connectivity index (χ0) is 14.3. The van der Waals surface area contributed by atoms with Crippen LogP contribution in [-0.4, -0.2) is 86.7 Å². The Bertz CT molecular complexity index is 407. The van der Waals surface area contributed by atoms with Crippen LogP contribution in [0.15, 0.2) is 0 Å². The Morgan fingerprint density at radius 3 is 2.21 bits per heavy atom. The first kappa shape index (κ1) is 15.2. The number of likely N-dealkylation sites (N-methyl/N-ethyl adjacent to an activating group) is 1. The molecule has 2 fully saturated rings. The fraction of sp³-hybridized carbons (Fsp3) is 1.00. The Kier molecular flexibility index (Phi) is 4.23. The van der Waals surface area contributed by atoms with Gasteiger partial charge in [0.1, 0.15) is 0 Å². The van der Waals surface area contributed by atoms with Crippen LogP contribution in [0.4, 0.5) is 0 Å². The van der Waals surface area contributed by atoms with Crippen LogP contribution >= 0.6 is 0 Å². The van der Waals surface area contributed by atoms with Gasteiger partial charge in [-0.1, -0.05) is 0 Å². The summed E-state index contributed by atoms with van der Waals surface area (Å²) in [7, 11) is -0.922. The van der Waals surface area contributed by atoms with Gasteiger partial charge in [0.05, 0.1) is 6.26 Å². The Morgan fingerprint density at radius 1 is 1.26 bits per heavy atom. The van der Waals surface area contributed by atoms with Crippen LogP contribution in [0.3, 0.4) is 0 Å². The van der Waals surface area contributed by atoms with Gasteiger partial charge in [-0.25, -0.2) is 8.42 Å². The molecule has 7 heteroatoms. The topological polar surface area (TPSA) is 69.9 Å². The van der Waals surface area contributed by atoms with Gasteiger partial charge in [0.15, 0.2) is 0 Å². The Balaban J connectivity index is 2.04. The molecule has 0 amide bonds. The lowest BCUT2D eigenvalue weighted by atomic mass is 9.93. The van der Waals surface area contributed by atoms with Crippen LogP contribution < -0.4 is 5.73 Å². The number of sulfonamides is 1. The van der Waals surface area contributed by atoms with Crippen molar-refractivity contribution in [3.63, 3.8) is 0 Å². The summed E-state index contributed by atoms with van der Waals surface area (Å²) in [6.07, 6.45) is 2.35. The highest BCUT2D eigenvalue weighted by molar-refractivity contribution is 7.88. The molecule has 112 valence electrons. The smallest absolute Gasteiger partial charge is 0.211 e. The van der Waals surface area contributed by atoms with E-state index in [0.717, 1.165) is 26.1 Å². The lowest BCUT2D eigenvalue weighted by Crippen LogP contribution is -2.61. The number of piperazine rings is 1. The van der Waals surface area contributed by atoms with Crippen LogP contribution in [0.5, 0.6) is 0 Å². The van der Waals surface area contributed by atoms with Crippen LogP contribution in [0.25, 0.3) is 0 Å². The van der Waals surface area contributed by atoms with Gasteiger partial charge in [0.2, 0.25) is 10.0 Å². The quantitative estimate of drug-likeness (QED) is 0.721. The summed E-state index contributed by atoms with van der Waals surface area (Å²) in [4.78, 5) is 4.74. The predicted molar refractivity (Wildman–Crippen MR) is 76.5 cm³/mol. The van der Waals surface area contributed by atoms with Gasteiger partial charge in [-0.2, -0.15) is 4.31 Å². The first-order valence-electron chi connectivity index (χ1n) is 6.89. The van der Waals surface area contributed by atoms with Crippen LogP contribution in [0.1, 0.15) is 13.3 Å². The number of hydrogen-bond donors (Lipinski definition) is 1. The van der Waals surface area contributed by atoms with Crippen LogP contribution in [0, 0.1) is 0 Å². The lowest BCUT2D eigenvalue weighted by molar-refractivity contribution is 0.0660. The maximum Gasteiger partial charge on any atom is 0.211 e. The monoisotopic (exact) mass is 290 g/mol. The van der Waals surface area contributed by atoms with Crippen LogP contribution in [0.2, 0.25) is 0 Å². The van der Waals surface area contributed by atoms with E-state index in [4.69, 9.17) is 5.73 Å². The van der Waals surface area contributed by atoms with Gasteiger partial charge in [0.25, 0.3) is 0 Å². The number of rotatable bonds is 3. The Hall–Kier alpha value is -0.210. The molecule has 0 aliphatic carbocycles. The van der Waals surface area contributed by atoms with E-state index in [2.05, 4.69) is 23.8 Å². The number of hydrogen-bond acceptors (Lipinski definition) is 5. The van der Waals surface area contributed by atoms with Crippen molar-refractivity contribution < 1.29 is 8.42 Å². The second-order valence-corrected chi connectivity index (χ2v) is 8.03. The first-order chi connectivity index (χ1) is 8.78. The highest BCUT2D eigenvalue weighted by atomic mass is 32.2. The molecule has 0 aromatic carbocycles. The number of nitrogens with two attached hydrogens (primary N) is 1. The molecule has 2 heterocycles. The molecular formula is C12H26N4O2S. The molecule has 19 heavy (non-hydrogen) atoms. The van der Waals surface area contributed by atoms with E-state index in [9.17, 15) is 8.42 Å². The zero-order valence-electron chi connectivity index (χ0n) is 12.2. The highest BCUT2D eigenvalue weighted by Crippen LogP contribution is 2.31. The third-order valence-electron chi connectivity index (χ3n) is 4.73. The molecule has 6 nitrogen and oxygen atoms in total. The number of likely N-dealkylation sites (tertiary alicyclic amines) is 1. The van der Waals surface area contributed by atoms with E-state index in [-0.39, 0.29) is 5.54 Å². The predicted octanol–water partition coefficient (Wildman–Crippen LogP) is -1.01. The highest BCUT2D eigenvalue weighted by Gasteiger charge is 2.45. The summed E-state index contributed by atoms with van der Waals surface area (Å²) < 4.78 is 24.6. The van der Waals surface area contributed by atoms with Crippen molar-refractivity contribution in [1.29, 1.82) is 0 Å². The van der Waals surface area contributed by atoms with Crippen molar-refractivity contribution >= 4 is 10.0 Å². The van der Waals surface area contributed by atoms with Gasteiger partial charge in [-0.05, 0) is 20.4 Å². The molecule has 0 spiro atoms. The molecule has 2 N–H and O–H groups in total. The van der Waals surface area contributed by atoms with Crippen molar-refractivity contribution in [2.45, 2.75) is 24.9 Å². The van der Waals surface area contributed by atoms with E-state index >= 15 is 0 Å². The summed E-state index contributed by atoms with van der Waals surface area (Å²) in [5.41, 5.74) is 6.07. The van der Waals surface area contributed by atoms with Gasteiger partial charge in [-0.15, -0.1) is 0 Å². The van der Waals surface area contributed by atoms with Crippen molar-refractivity contribution in [2.24, 2.45) is 5.73 Å². The molecule has 0 bridgehead atoms. The zero-order valence-corrected chi connectivity index (χ0v) is 13.0. The average molecular weight is 290 g/mol. The van der Waals surface area contributed by atoms with Gasteiger partial charge in [0, 0.05) is 50.8 Å². The third-order valence-corrected chi connectivity index (χ3v) is 6.03. The molecule has 0 aromatic rings. The summed E-state index contributed by atoms with van der Waals surface area (Å²) in [5.74, 6) is 0. The summed E-state index contributed by atoms with van der Waals surface area (Å²) in [6, 6.07) is 0.538. The molecule has 2 aliphatic heterocycles. The minimum atomic E-state index is -3.06. The van der Waals surface area contributed by atoms with E-state index in [1.807, 2.05) is 0 Å². The third kappa shape index (κ3) is 2.95. The van der Waals surface area contributed by atoms with E-state index < -0.39 is 10.0 Å². The van der Waals surface area contributed by atoms with Gasteiger partial charge < -0.3 is 10.6 Å². The second-order valence-electron chi connectivity index (χ2n) is 6.05. The maximum atomic E-state index is 11.5. The van der Waals surface area contributed by atoms with Crippen molar-refractivity contribution in [3.8, 4) is 0 Å². The van der Waals surface area contributed by atoms with E-state index in [0.29, 0.717) is 25.7 Å². The molecule has 2 saturated heterocycles. The molecule has 0 aromatic heterocycles. The van der Waals surface area contributed by atoms with Crippen LogP contribution in [-0.2, 0) is 10.0 Å². The standard InChI is InChI=1S/C12H26N4O2S/c1-11-8-12(9-13,10-14(11)2)15-4-6-16(7-5-15)19(3,17)18/h11H,4-10,13H2,1-3H3. The number of nitrogens with zero attached hydrogens (tertiary/aromatic N) is 3. The maximum absolute atomic E-state index is 11.5. The minimum absolute atomic E-state index is 0.0256. The molecule has 2 unspecified atom stereocenters. The van der Waals surface area contributed by atoms with Gasteiger partial charge in [-0.3, -0.25) is 4.90 Å². The lowest BCUT2D eigenvalue weighted by Gasteiger charge is -2.44. The van der Waals surface area contributed by atoms with E-state index in [1.165, 1.54) is 6.26 Å². The minimum Gasteiger partial charge on any atom is -0.329 e. The van der Waals surface area contributed by atoms with Crippen molar-refractivity contribution in [2.75, 3.05) is 52.6 Å². The second kappa shape index (κ2) is 5.29. The molecule has 2 rings (SSSR count). The molecule has 2 aliphatic rings. The van der Waals surface area contributed by atoms with Crippen molar-refractivity contribution in [1.82, 2.24) is 14.1 Å². The van der Waals surface area contributed by atoms with E-state index in [1.54, 1.807) is 4.31 Å². The summed E-state index contributed by atoms with van der Waals surface area (Å²) in [5, 5.41) is 0. The Morgan fingerprint density at radius 2 is 1.84 bits per heavy atom. The fourth-order valence-corrected chi connectivity index (χ4v) is 4.22. The molecule has 0 saturated carbocycles. The van der Waals surface area contributed by atoms with Gasteiger partial charge >= 0.3 is 0 Å². The first-order valence-corrected chi connectivity index (χ1v) is 8.74.